The smallest absolute Gasteiger partial charge is 0.438 e. The fraction of sp³-hybridized carbons (Fsp3) is 0.889. The molecule has 0 saturated heterocycles. The average Bonchev–Trinajstić information content (AvgIpc) is 2.21. The van der Waals surface area contributed by atoms with Gasteiger partial charge < -0.3 is 9.26 Å². The van der Waals surface area contributed by atoms with Crippen LogP contribution in [0.25, 0.3) is 0 Å². The lowest BCUT2D eigenvalue weighted by atomic mass is 10.2. The van der Waals surface area contributed by atoms with Crippen molar-refractivity contribution in [3.63, 3.8) is 0 Å². The van der Waals surface area contributed by atoms with Gasteiger partial charge in [0.25, 0.3) is 0 Å². The summed E-state index contributed by atoms with van der Waals surface area (Å²) in [4.78, 5) is 11.7. The van der Waals surface area contributed by atoms with E-state index in [0.29, 0.717) is 0 Å². The van der Waals surface area contributed by atoms with Gasteiger partial charge in [0, 0.05) is 0 Å². The summed E-state index contributed by atoms with van der Waals surface area (Å²) in [5, 5.41) is 0. The SMILES string of the molecule is CCOP(=O)(OCCOS(=O)(=O)O)C(=O)OC(C)(C)C. The van der Waals surface area contributed by atoms with Crippen molar-refractivity contribution in [2.45, 2.75) is 33.3 Å². The highest BCUT2D eigenvalue weighted by atomic mass is 32.3. The van der Waals surface area contributed by atoms with Crippen molar-refractivity contribution in [3.05, 3.63) is 0 Å². The Morgan fingerprint density at radius 3 is 2.15 bits per heavy atom. The van der Waals surface area contributed by atoms with Gasteiger partial charge in [0.05, 0.1) is 19.8 Å². The van der Waals surface area contributed by atoms with Crippen LogP contribution in [0.15, 0.2) is 0 Å². The molecule has 0 radical (unpaired) electrons. The number of rotatable bonds is 8. The number of carbonyl (C=O) groups is 1. The van der Waals surface area contributed by atoms with Crippen LogP contribution in [0.3, 0.4) is 0 Å². The van der Waals surface area contributed by atoms with Crippen molar-refractivity contribution in [2.24, 2.45) is 0 Å². The molecule has 0 fully saturated rings. The summed E-state index contributed by atoms with van der Waals surface area (Å²) in [5.74, 6) is 0. The van der Waals surface area contributed by atoms with Crippen molar-refractivity contribution in [1.29, 1.82) is 0 Å². The first-order chi connectivity index (χ1) is 8.90. The Bertz CT molecular complexity index is 464. The summed E-state index contributed by atoms with van der Waals surface area (Å²) in [7, 11) is -8.84. The van der Waals surface area contributed by atoms with Gasteiger partial charge in [-0.25, -0.2) is 13.5 Å². The van der Waals surface area contributed by atoms with E-state index in [1.807, 2.05) is 0 Å². The molecular formula is C9H19O9PS. The van der Waals surface area contributed by atoms with Gasteiger partial charge in [-0.2, -0.15) is 8.42 Å². The van der Waals surface area contributed by atoms with Crippen molar-refractivity contribution < 1.29 is 40.3 Å². The number of hydrogen-bond acceptors (Lipinski definition) is 8. The van der Waals surface area contributed by atoms with Crippen LogP contribution in [0.2, 0.25) is 0 Å². The van der Waals surface area contributed by atoms with E-state index in [1.165, 1.54) is 6.92 Å². The van der Waals surface area contributed by atoms with Gasteiger partial charge in [0.15, 0.2) is 0 Å². The van der Waals surface area contributed by atoms with Gasteiger partial charge in [-0.3, -0.25) is 9.08 Å². The second-order valence-electron chi connectivity index (χ2n) is 4.48. The van der Waals surface area contributed by atoms with E-state index in [1.54, 1.807) is 20.8 Å². The number of carbonyl (C=O) groups excluding carboxylic acids is 1. The topological polar surface area (TPSA) is 125 Å². The Labute approximate surface area is 118 Å². The average molecular weight is 334 g/mol. The molecule has 20 heavy (non-hydrogen) atoms. The molecule has 9 nitrogen and oxygen atoms in total. The van der Waals surface area contributed by atoms with Crippen LogP contribution in [0.4, 0.5) is 4.79 Å². The molecule has 0 rings (SSSR count). The second kappa shape index (κ2) is 7.48. The molecule has 120 valence electrons. The lowest BCUT2D eigenvalue weighted by Crippen LogP contribution is -2.24. The summed E-state index contributed by atoms with van der Waals surface area (Å²) in [6.07, 6.45) is 0. The van der Waals surface area contributed by atoms with E-state index in [2.05, 4.69) is 4.18 Å². The van der Waals surface area contributed by atoms with Gasteiger partial charge in [0.1, 0.15) is 5.60 Å². The highest BCUT2D eigenvalue weighted by Gasteiger charge is 2.39. The number of hydrogen-bond donors (Lipinski definition) is 1. The summed E-state index contributed by atoms with van der Waals surface area (Å²) >= 11 is 0. The molecule has 1 N–H and O–H groups in total. The minimum absolute atomic E-state index is 0.0737. The predicted octanol–water partition coefficient (Wildman–Crippen LogP) is 1.99. The normalized spacial score (nSPS) is 15.7. The molecule has 0 heterocycles. The van der Waals surface area contributed by atoms with Gasteiger partial charge in [-0.05, 0) is 27.7 Å². The van der Waals surface area contributed by atoms with Gasteiger partial charge in [0.2, 0.25) is 0 Å². The summed E-state index contributed by atoms with van der Waals surface area (Å²) in [6, 6.07) is 0. The maximum atomic E-state index is 12.1. The Morgan fingerprint density at radius 1 is 1.20 bits per heavy atom. The van der Waals surface area contributed by atoms with Crippen LogP contribution in [0, 0.1) is 0 Å². The minimum atomic E-state index is -4.63. The minimum Gasteiger partial charge on any atom is -0.451 e. The van der Waals surface area contributed by atoms with E-state index >= 15 is 0 Å². The van der Waals surface area contributed by atoms with Crippen LogP contribution in [-0.2, 0) is 32.9 Å². The first kappa shape index (κ1) is 19.5. The molecule has 1 unspecified atom stereocenters. The zero-order valence-electron chi connectivity index (χ0n) is 11.7. The molecule has 0 amide bonds. The Hall–Kier alpha value is -0.510. The highest BCUT2D eigenvalue weighted by Crippen LogP contribution is 2.50. The monoisotopic (exact) mass is 334 g/mol. The van der Waals surface area contributed by atoms with Crippen LogP contribution in [-0.4, -0.2) is 44.1 Å². The van der Waals surface area contributed by atoms with E-state index in [-0.39, 0.29) is 6.61 Å². The molecule has 0 aromatic carbocycles. The van der Waals surface area contributed by atoms with Crippen molar-refractivity contribution in [2.75, 3.05) is 19.8 Å². The molecule has 0 aromatic heterocycles. The third kappa shape index (κ3) is 8.62. The first-order valence-corrected chi connectivity index (χ1v) is 8.55. The second-order valence-corrected chi connectivity index (χ2v) is 7.45. The maximum absolute atomic E-state index is 12.1. The third-order valence-corrected chi connectivity index (χ3v) is 3.62. The first-order valence-electron chi connectivity index (χ1n) is 5.64. The molecule has 1 atom stereocenters. The van der Waals surface area contributed by atoms with Gasteiger partial charge in [-0.1, -0.05) is 0 Å². The van der Waals surface area contributed by atoms with E-state index < -0.39 is 42.5 Å². The van der Waals surface area contributed by atoms with Gasteiger partial charge >= 0.3 is 23.7 Å². The molecule has 0 aliphatic heterocycles. The Kier molecular flexibility index (Phi) is 7.29. The molecular weight excluding hydrogens is 315 g/mol. The molecule has 0 aliphatic rings. The lowest BCUT2D eigenvalue weighted by Gasteiger charge is -2.23. The Morgan fingerprint density at radius 2 is 1.75 bits per heavy atom. The Balaban J connectivity index is 4.61. The van der Waals surface area contributed by atoms with E-state index in [4.69, 9.17) is 18.3 Å². The van der Waals surface area contributed by atoms with Crippen LogP contribution >= 0.6 is 7.60 Å². The fourth-order valence-corrected chi connectivity index (χ4v) is 2.53. The number of ether oxygens (including phenoxy) is 1. The molecule has 0 aromatic rings. The standard InChI is InChI=1S/C9H19O9PS/c1-5-15-19(11,8(10)18-9(2,3)4)16-6-7-17-20(12,13)14/h5-7H2,1-4H3,(H,12,13,14). The zero-order chi connectivity index (χ0) is 16.0. The maximum Gasteiger partial charge on any atom is 0.438 e. The van der Waals surface area contributed by atoms with Crippen molar-refractivity contribution in [1.82, 2.24) is 0 Å². The zero-order valence-corrected chi connectivity index (χ0v) is 13.4. The largest absolute Gasteiger partial charge is 0.451 e. The van der Waals surface area contributed by atoms with E-state index in [0.717, 1.165) is 0 Å². The molecule has 11 heteroatoms. The summed E-state index contributed by atoms with van der Waals surface area (Å²) < 4.78 is 59.4. The highest BCUT2D eigenvalue weighted by molar-refractivity contribution is 7.80. The predicted molar refractivity (Wildman–Crippen MR) is 68.9 cm³/mol. The van der Waals surface area contributed by atoms with E-state index in [9.17, 15) is 17.8 Å². The lowest BCUT2D eigenvalue weighted by molar-refractivity contribution is 0.0616. The van der Waals surface area contributed by atoms with Gasteiger partial charge in [-0.15, -0.1) is 0 Å². The molecule has 0 bridgehead atoms. The quantitative estimate of drug-likeness (QED) is 0.403. The molecule has 0 spiro atoms. The van der Waals surface area contributed by atoms with Crippen LogP contribution in [0.1, 0.15) is 27.7 Å². The molecule has 0 saturated carbocycles. The summed E-state index contributed by atoms with van der Waals surface area (Å²) in [5.41, 5.74) is -2.07. The van der Waals surface area contributed by atoms with Crippen molar-refractivity contribution >= 4 is 23.7 Å². The van der Waals surface area contributed by atoms with Crippen molar-refractivity contribution in [3.8, 4) is 0 Å². The fourth-order valence-electron chi connectivity index (χ4n) is 0.927. The third-order valence-electron chi connectivity index (χ3n) is 1.49. The molecule has 0 aliphatic carbocycles. The van der Waals surface area contributed by atoms with Crippen LogP contribution < -0.4 is 0 Å². The summed E-state index contributed by atoms with van der Waals surface area (Å²) in [6.45, 7) is 4.97. The van der Waals surface area contributed by atoms with Crippen LogP contribution in [0.5, 0.6) is 0 Å².